The summed E-state index contributed by atoms with van der Waals surface area (Å²) in [6.07, 6.45) is 6.72. The van der Waals surface area contributed by atoms with Crippen LogP contribution in [0.25, 0.3) is 6.08 Å². The molecular formula is C22H24O3. The van der Waals surface area contributed by atoms with Gasteiger partial charge in [0, 0.05) is 0 Å². The molecule has 25 heavy (non-hydrogen) atoms. The van der Waals surface area contributed by atoms with Crippen molar-refractivity contribution in [2.24, 2.45) is 0 Å². The second-order valence-corrected chi connectivity index (χ2v) is 6.47. The maximum Gasteiger partial charge on any atom is 0.342 e. The van der Waals surface area contributed by atoms with Crippen molar-refractivity contribution in [2.45, 2.75) is 37.7 Å². The van der Waals surface area contributed by atoms with Gasteiger partial charge in [-0.25, -0.2) is 4.79 Å². The van der Waals surface area contributed by atoms with E-state index in [0.29, 0.717) is 11.3 Å². The van der Waals surface area contributed by atoms with Crippen molar-refractivity contribution >= 4 is 12.0 Å². The zero-order valence-electron chi connectivity index (χ0n) is 14.7. The van der Waals surface area contributed by atoms with E-state index >= 15 is 0 Å². The van der Waals surface area contributed by atoms with E-state index in [-0.39, 0.29) is 5.97 Å². The van der Waals surface area contributed by atoms with E-state index in [1.807, 2.05) is 24.3 Å². The minimum Gasteiger partial charge on any atom is -0.496 e. The van der Waals surface area contributed by atoms with E-state index in [9.17, 15) is 4.79 Å². The fourth-order valence-electron chi connectivity index (χ4n) is 3.56. The summed E-state index contributed by atoms with van der Waals surface area (Å²) >= 11 is 0. The first kappa shape index (κ1) is 17.3. The van der Waals surface area contributed by atoms with Gasteiger partial charge in [0.2, 0.25) is 0 Å². The molecule has 3 nitrogen and oxygen atoms in total. The van der Waals surface area contributed by atoms with Crippen LogP contribution in [0, 0.1) is 0 Å². The lowest BCUT2D eigenvalue weighted by molar-refractivity contribution is -0.0418. The average molecular weight is 336 g/mol. The molecule has 0 radical (unpaired) electrons. The fraction of sp³-hybridized carbons (Fsp3) is 0.318. The maximum atomic E-state index is 13.0. The molecule has 3 heteroatoms. The van der Waals surface area contributed by atoms with Gasteiger partial charge < -0.3 is 9.47 Å². The summed E-state index contributed by atoms with van der Waals surface area (Å²) in [4.78, 5) is 13.0. The van der Waals surface area contributed by atoms with E-state index in [1.165, 1.54) is 6.42 Å². The molecular weight excluding hydrogens is 312 g/mol. The van der Waals surface area contributed by atoms with E-state index < -0.39 is 5.60 Å². The van der Waals surface area contributed by atoms with Crippen LogP contribution >= 0.6 is 0 Å². The van der Waals surface area contributed by atoms with E-state index in [4.69, 9.17) is 9.47 Å². The van der Waals surface area contributed by atoms with Crippen LogP contribution in [0.4, 0.5) is 0 Å². The summed E-state index contributed by atoms with van der Waals surface area (Å²) < 4.78 is 11.5. The van der Waals surface area contributed by atoms with Crippen molar-refractivity contribution in [3.05, 3.63) is 71.8 Å². The van der Waals surface area contributed by atoms with E-state index in [1.54, 1.807) is 25.3 Å². The van der Waals surface area contributed by atoms with Gasteiger partial charge in [-0.3, -0.25) is 0 Å². The number of benzene rings is 2. The fourth-order valence-corrected chi connectivity index (χ4v) is 3.56. The van der Waals surface area contributed by atoms with Gasteiger partial charge in [0.15, 0.2) is 0 Å². The zero-order chi connectivity index (χ0) is 17.7. The normalized spacial score (nSPS) is 16.0. The molecule has 1 aliphatic carbocycles. The highest BCUT2D eigenvalue weighted by Gasteiger charge is 2.38. The van der Waals surface area contributed by atoms with Crippen LogP contribution < -0.4 is 4.74 Å². The predicted octanol–water partition coefficient (Wildman–Crippen LogP) is 5.35. The standard InChI is InChI=1S/C22H24O3/c1-3-17-12-13-20(24-2)19(16-17)21(23)25-22(14-8-5-9-15-22)18-10-6-4-7-11-18/h3-4,6-7,10-13,16H,1,5,8-9,14-15H2,2H3. The number of methoxy groups -OCH3 is 1. The molecule has 0 aliphatic heterocycles. The molecule has 2 aromatic carbocycles. The lowest BCUT2D eigenvalue weighted by atomic mass is 9.79. The van der Waals surface area contributed by atoms with Crippen molar-refractivity contribution in [1.82, 2.24) is 0 Å². The SMILES string of the molecule is C=Cc1ccc(OC)c(C(=O)OC2(c3ccccc3)CCCCC2)c1. The number of rotatable bonds is 5. The first-order chi connectivity index (χ1) is 12.2. The highest BCUT2D eigenvalue weighted by atomic mass is 16.6. The number of carbonyl (C=O) groups excluding carboxylic acids is 1. The Hall–Kier alpha value is -2.55. The molecule has 130 valence electrons. The van der Waals surface area contributed by atoms with Gasteiger partial charge in [-0.05, 0) is 48.9 Å². The van der Waals surface area contributed by atoms with Crippen LogP contribution in [0.1, 0.15) is 53.6 Å². The Bertz CT molecular complexity index is 743. The Kier molecular flexibility index (Phi) is 5.22. The molecule has 3 rings (SSSR count). The Balaban J connectivity index is 1.95. The average Bonchev–Trinajstić information content (AvgIpc) is 2.68. The molecule has 0 aromatic heterocycles. The van der Waals surface area contributed by atoms with Gasteiger partial charge in [-0.15, -0.1) is 0 Å². The van der Waals surface area contributed by atoms with Crippen LogP contribution in [0.3, 0.4) is 0 Å². The van der Waals surface area contributed by atoms with Gasteiger partial charge in [0.1, 0.15) is 16.9 Å². The molecule has 2 aromatic rings. The van der Waals surface area contributed by atoms with Gasteiger partial charge in [-0.2, -0.15) is 0 Å². The second-order valence-electron chi connectivity index (χ2n) is 6.47. The lowest BCUT2D eigenvalue weighted by Gasteiger charge is -2.37. The molecule has 0 saturated heterocycles. The monoisotopic (exact) mass is 336 g/mol. The summed E-state index contributed by atoms with van der Waals surface area (Å²) in [6, 6.07) is 15.5. The number of esters is 1. The topological polar surface area (TPSA) is 35.5 Å². The van der Waals surface area contributed by atoms with Crippen LogP contribution in [-0.4, -0.2) is 13.1 Å². The van der Waals surface area contributed by atoms with Gasteiger partial charge in [-0.1, -0.05) is 55.5 Å². The minimum absolute atomic E-state index is 0.341. The third-order valence-electron chi connectivity index (χ3n) is 4.93. The number of hydrogen-bond acceptors (Lipinski definition) is 3. The number of ether oxygens (including phenoxy) is 2. The summed E-state index contributed by atoms with van der Waals surface area (Å²) in [5.74, 6) is 0.181. The van der Waals surface area contributed by atoms with Crippen LogP contribution in [-0.2, 0) is 10.3 Å². The second kappa shape index (κ2) is 7.56. The van der Waals surface area contributed by atoms with Gasteiger partial charge in [0.05, 0.1) is 7.11 Å². The first-order valence-corrected chi connectivity index (χ1v) is 8.78. The van der Waals surface area contributed by atoms with Crippen molar-refractivity contribution in [1.29, 1.82) is 0 Å². The van der Waals surface area contributed by atoms with Crippen molar-refractivity contribution in [3.63, 3.8) is 0 Å². The van der Waals surface area contributed by atoms with Crippen LogP contribution in [0.15, 0.2) is 55.1 Å². The molecule has 0 atom stereocenters. The molecule has 0 spiro atoms. The molecule has 1 aliphatic rings. The molecule has 1 fully saturated rings. The molecule has 0 unspecified atom stereocenters. The lowest BCUT2D eigenvalue weighted by Crippen LogP contribution is -2.34. The van der Waals surface area contributed by atoms with Crippen molar-refractivity contribution < 1.29 is 14.3 Å². The zero-order valence-corrected chi connectivity index (χ0v) is 14.7. The van der Waals surface area contributed by atoms with E-state index in [0.717, 1.165) is 36.8 Å². The van der Waals surface area contributed by atoms with Crippen molar-refractivity contribution in [2.75, 3.05) is 7.11 Å². The predicted molar refractivity (Wildman–Crippen MR) is 99.7 cm³/mol. The Morgan fingerprint density at radius 3 is 2.44 bits per heavy atom. The molecule has 0 bridgehead atoms. The van der Waals surface area contributed by atoms with Crippen molar-refractivity contribution in [3.8, 4) is 5.75 Å². The highest BCUT2D eigenvalue weighted by molar-refractivity contribution is 5.93. The van der Waals surface area contributed by atoms with Gasteiger partial charge in [0.25, 0.3) is 0 Å². The van der Waals surface area contributed by atoms with Crippen LogP contribution in [0.5, 0.6) is 5.75 Å². The molecule has 0 N–H and O–H groups in total. The Morgan fingerprint density at radius 1 is 1.08 bits per heavy atom. The summed E-state index contributed by atoms with van der Waals surface area (Å²) in [6.45, 7) is 3.77. The quantitative estimate of drug-likeness (QED) is 0.690. The third-order valence-corrected chi connectivity index (χ3v) is 4.93. The first-order valence-electron chi connectivity index (χ1n) is 8.78. The minimum atomic E-state index is -0.550. The summed E-state index contributed by atoms with van der Waals surface area (Å²) in [7, 11) is 1.56. The number of hydrogen-bond donors (Lipinski definition) is 0. The molecule has 0 heterocycles. The van der Waals surface area contributed by atoms with Gasteiger partial charge >= 0.3 is 5.97 Å². The smallest absolute Gasteiger partial charge is 0.342 e. The summed E-state index contributed by atoms with van der Waals surface area (Å²) in [5.41, 5.74) is 1.83. The highest BCUT2D eigenvalue weighted by Crippen LogP contribution is 2.41. The number of carbonyl (C=O) groups is 1. The van der Waals surface area contributed by atoms with Crippen LogP contribution in [0.2, 0.25) is 0 Å². The molecule has 0 amide bonds. The largest absolute Gasteiger partial charge is 0.496 e. The Morgan fingerprint density at radius 2 is 1.80 bits per heavy atom. The molecule has 1 saturated carbocycles. The maximum absolute atomic E-state index is 13.0. The third kappa shape index (κ3) is 3.60. The Labute approximate surface area is 149 Å². The van der Waals surface area contributed by atoms with E-state index in [2.05, 4.69) is 18.7 Å². The summed E-state index contributed by atoms with van der Waals surface area (Å²) in [5, 5.41) is 0.